The highest BCUT2D eigenvalue weighted by atomic mass is 79.9. The second-order valence-corrected chi connectivity index (χ2v) is 4.76. The summed E-state index contributed by atoms with van der Waals surface area (Å²) < 4.78 is 13.7. The molecule has 0 aliphatic carbocycles. The lowest BCUT2D eigenvalue weighted by Crippen LogP contribution is -2.34. The molecule has 2 heterocycles. The number of rotatable bonds is 1. The molecule has 1 saturated heterocycles. The first kappa shape index (κ1) is 9.40. The van der Waals surface area contributed by atoms with Gasteiger partial charge in [0.05, 0.1) is 0 Å². The van der Waals surface area contributed by atoms with E-state index >= 15 is 0 Å². The first-order chi connectivity index (χ1) is 6.25. The van der Waals surface area contributed by atoms with Crippen molar-refractivity contribution in [2.45, 2.75) is 19.0 Å². The number of halogens is 2. The van der Waals surface area contributed by atoms with E-state index in [2.05, 4.69) is 25.8 Å². The minimum Gasteiger partial charge on any atom is -0.348 e. The van der Waals surface area contributed by atoms with Gasteiger partial charge >= 0.3 is 0 Å². The molecule has 1 aliphatic heterocycles. The quantitative estimate of drug-likeness (QED) is 0.776. The third-order valence-corrected chi connectivity index (χ3v) is 3.77. The molecule has 72 valence electrons. The van der Waals surface area contributed by atoms with Crippen LogP contribution in [0.3, 0.4) is 0 Å². The van der Waals surface area contributed by atoms with Gasteiger partial charge in [0.1, 0.15) is 10.8 Å². The Balaban J connectivity index is 2.02. The van der Waals surface area contributed by atoms with E-state index in [4.69, 9.17) is 0 Å². The molecule has 0 aromatic carbocycles. The number of thiazole rings is 1. The third kappa shape index (κ3) is 2.20. The van der Waals surface area contributed by atoms with Crippen LogP contribution in [0, 0.1) is 0 Å². The number of aromatic nitrogens is 1. The molecular formula is C8H10BrFN2S. The van der Waals surface area contributed by atoms with Crippen molar-refractivity contribution in [1.82, 2.24) is 4.98 Å². The molecule has 2 rings (SSSR count). The van der Waals surface area contributed by atoms with Crippen LogP contribution in [0.5, 0.6) is 0 Å². The van der Waals surface area contributed by atoms with E-state index in [0.29, 0.717) is 12.8 Å². The molecule has 0 spiro atoms. The van der Waals surface area contributed by atoms with Crippen LogP contribution in [0.1, 0.15) is 12.8 Å². The fourth-order valence-electron chi connectivity index (χ4n) is 1.43. The van der Waals surface area contributed by atoms with E-state index in [-0.39, 0.29) is 0 Å². The number of alkyl halides is 1. The van der Waals surface area contributed by atoms with E-state index in [1.54, 1.807) is 11.3 Å². The van der Waals surface area contributed by atoms with Crippen LogP contribution < -0.4 is 4.90 Å². The zero-order valence-corrected chi connectivity index (χ0v) is 9.44. The van der Waals surface area contributed by atoms with Crippen LogP contribution in [-0.4, -0.2) is 24.2 Å². The van der Waals surface area contributed by atoms with Crippen LogP contribution >= 0.6 is 27.3 Å². The smallest absolute Gasteiger partial charge is 0.186 e. The molecule has 1 aromatic rings. The standard InChI is InChI=1S/C8H10BrFN2S/c9-7-5-13-8(11-7)12-3-1-6(10)2-4-12/h5-6H,1-4H2. The monoisotopic (exact) mass is 264 g/mol. The van der Waals surface area contributed by atoms with E-state index < -0.39 is 6.17 Å². The average molecular weight is 265 g/mol. The number of nitrogens with zero attached hydrogens (tertiary/aromatic N) is 2. The second-order valence-electron chi connectivity index (χ2n) is 3.11. The fourth-order valence-corrected chi connectivity index (χ4v) is 2.73. The third-order valence-electron chi connectivity index (χ3n) is 2.16. The molecule has 0 unspecified atom stereocenters. The van der Waals surface area contributed by atoms with Crippen LogP contribution in [-0.2, 0) is 0 Å². The summed E-state index contributed by atoms with van der Waals surface area (Å²) in [5, 5.41) is 2.95. The average Bonchev–Trinajstić information content (AvgIpc) is 2.53. The Morgan fingerprint density at radius 1 is 1.54 bits per heavy atom. The van der Waals surface area contributed by atoms with Gasteiger partial charge in [-0.05, 0) is 28.8 Å². The highest BCUT2D eigenvalue weighted by Crippen LogP contribution is 2.26. The van der Waals surface area contributed by atoms with Crippen LogP contribution in [0.2, 0.25) is 0 Å². The Morgan fingerprint density at radius 3 is 2.77 bits per heavy atom. The van der Waals surface area contributed by atoms with Gasteiger partial charge in [0, 0.05) is 18.5 Å². The van der Waals surface area contributed by atoms with E-state index in [1.165, 1.54) is 0 Å². The van der Waals surface area contributed by atoms with Crippen molar-refractivity contribution in [3.63, 3.8) is 0 Å². The molecule has 0 N–H and O–H groups in total. The molecule has 1 fully saturated rings. The first-order valence-corrected chi connectivity index (χ1v) is 5.93. The molecule has 1 aromatic heterocycles. The molecule has 0 saturated carbocycles. The Bertz CT molecular complexity index is 283. The largest absolute Gasteiger partial charge is 0.348 e. The van der Waals surface area contributed by atoms with E-state index in [9.17, 15) is 4.39 Å². The van der Waals surface area contributed by atoms with Crippen LogP contribution in [0.25, 0.3) is 0 Å². The maximum absolute atomic E-state index is 12.8. The van der Waals surface area contributed by atoms with Gasteiger partial charge in [-0.1, -0.05) is 0 Å². The zero-order chi connectivity index (χ0) is 9.26. The van der Waals surface area contributed by atoms with Crippen molar-refractivity contribution in [2.75, 3.05) is 18.0 Å². The predicted octanol–water partition coefficient (Wildman–Crippen LogP) is 2.84. The predicted molar refractivity (Wildman–Crippen MR) is 56.2 cm³/mol. The first-order valence-electron chi connectivity index (χ1n) is 4.26. The number of anilines is 1. The lowest BCUT2D eigenvalue weighted by atomic mass is 10.1. The highest BCUT2D eigenvalue weighted by Gasteiger charge is 2.20. The van der Waals surface area contributed by atoms with Crippen molar-refractivity contribution in [1.29, 1.82) is 0 Å². The Morgan fingerprint density at radius 2 is 2.23 bits per heavy atom. The molecule has 0 bridgehead atoms. The Labute approximate surface area is 88.9 Å². The summed E-state index contributed by atoms with van der Waals surface area (Å²) in [6.07, 6.45) is 0.661. The molecule has 0 atom stereocenters. The summed E-state index contributed by atoms with van der Waals surface area (Å²) in [5.41, 5.74) is 0. The molecule has 0 radical (unpaired) electrons. The van der Waals surface area contributed by atoms with Crippen molar-refractivity contribution in [3.8, 4) is 0 Å². The lowest BCUT2D eigenvalue weighted by molar-refractivity contribution is 0.277. The number of hydrogen-bond acceptors (Lipinski definition) is 3. The minimum absolute atomic E-state index is 0.611. The van der Waals surface area contributed by atoms with Gasteiger partial charge in [-0.3, -0.25) is 0 Å². The molecule has 0 amide bonds. The maximum atomic E-state index is 12.8. The fraction of sp³-hybridized carbons (Fsp3) is 0.625. The maximum Gasteiger partial charge on any atom is 0.186 e. The SMILES string of the molecule is FC1CCN(c2nc(Br)cs2)CC1. The van der Waals surface area contributed by atoms with Crippen molar-refractivity contribution < 1.29 is 4.39 Å². The molecule has 1 aliphatic rings. The van der Waals surface area contributed by atoms with Crippen molar-refractivity contribution in [2.24, 2.45) is 0 Å². The van der Waals surface area contributed by atoms with Gasteiger partial charge in [0.25, 0.3) is 0 Å². The minimum atomic E-state index is -0.611. The van der Waals surface area contributed by atoms with Crippen molar-refractivity contribution in [3.05, 3.63) is 9.98 Å². The molecule has 2 nitrogen and oxygen atoms in total. The zero-order valence-electron chi connectivity index (χ0n) is 7.04. The van der Waals surface area contributed by atoms with E-state index in [0.717, 1.165) is 22.8 Å². The number of piperidine rings is 1. The normalized spacial score (nSPS) is 19.4. The lowest BCUT2D eigenvalue weighted by Gasteiger charge is -2.27. The van der Waals surface area contributed by atoms with Crippen LogP contribution in [0.4, 0.5) is 9.52 Å². The van der Waals surface area contributed by atoms with Gasteiger partial charge in [-0.2, -0.15) is 0 Å². The summed E-state index contributed by atoms with van der Waals surface area (Å²) in [6.45, 7) is 1.59. The van der Waals surface area contributed by atoms with Gasteiger partial charge in [0.15, 0.2) is 5.13 Å². The van der Waals surface area contributed by atoms with E-state index in [1.807, 2.05) is 5.38 Å². The van der Waals surface area contributed by atoms with Gasteiger partial charge in [-0.25, -0.2) is 9.37 Å². The second kappa shape index (κ2) is 3.92. The van der Waals surface area contributed by atoms with Gasteiger partial charge in [0.2, 0.25) is 0 Å². The summed E-state index contributed by atoms with van der Waals surface area (Å²) in [6, 6.07) is 0. The number of hydrogen-bond donors (Lipinski definition) is 0. The topological polar surface area (TPSA) is 16.1 Å². The highest BCUT2D eigenvalue weighted by molar-refractivity contribution is 9.10. The Hall–Kier alpha value is -0.160. The summed E-state index contributed by atoms with van der Waals surface area (Å²) >= 11 is 4.91. The van der Waals surface area contributed by atoms with Crippen LogP contribution in [0.15, 0.2) is 9.98 Å². The molecule has 5 heteroatoms. The summed E-state index contributed by atoms with van der Waals surface area (Å²) in [5.74, 6) is 0. The van der Waals surface area contributed by atoms with Gasteiger partial charge in [-0.15, -0.1) is 11.3 Å². The summed E-state index contributed by atoms with van der Waals surface area (Å²) in [4.78, 5) is 6.44. The summed E-state index contributed by atoms with van der Waals surface area (Å²) in [7, 11) is 0. The molecular weight excluding hydrogens is 255 g/mol. The Kier molecular flexibility index (Phi) is 2.83. The van der Waals surface area contributed by atoms with Gasteiger partial charge < -0.3 is 4.90 Å². The molecule has 13 heavy (non-hydrogen) atoms. The van der Waals surface area contributed by atoms with Crippen molar-refractivity contribution >= 4 is 32.4 Å².